The Morgan fingerprint density at radius 1 is 1.22 bits per heavy atom. The molecule has 0 atom stereocenters. The van der Waals surface area contributed by atoms with Gasteiger partial charge in [0.05, 0.1) is 11.4 Å². The van der Waals surface area contributed by atoms with Crippen LogP contribution in [0, 0.1) is 12.7 Å². The third-order valence-electron chi connectivity index (χ3n) is 3.59. The SMILES string of the molecule is Cc1ccc(/C=C/S(=O)(=O)NCCC(=O)OCc2c(F)cccc2Cl)cc1. The Bertz CT molecular complexity index is 907. The zero-order chi connectivity index (χ0) is 19.9. The molecule has 0 heterocycles. The maximum absolute atomic E-state index is 13.6. The molecule has 0 radical (unpaired) electrons. The number of ether oxygens (including phenoxy) is 1. The van der Waals surface area contributed by atoms with Crippen molar-refractivity contribution < 1.29 is 22.3 Å². The molecule has 1 N–H and O–H groups in total. The predicted octanol–water partition coefficient (Wildman–Crippen LogP) is 3.81. The molecule has 27 heavy (non-hydrogen) atoms. The van der Waals surface area contributed by atoms with Crippen molar-refractivity contribution in [2.45, 2.75) is 20.0 Å². The fourth-order valence-corrected chi connectivity index (χ4v) is 3.12. The summed E-state index contributed by atoms with van der Waals surface area (Å²) in [5, 5.41) is 1.19. The molecule has 2 aromatic carbocycles. The van der Waals surface area contributed by atoms with Crippen molar-refractivity contribution in [3.8, 4) is 0 Å². The van der Waals surface area contributed by atoms with Crippen LogP contribution in [0.2, 0.25) is 5.02 Å². The van der Waals surface area contributed by atoms with Crippen molar-refractivity contribution in [3.05, 3.63) is 75.4 Å². The highest BCUT2D eigenvalue weighted by atomic mass is 35.5. The lowest BCUT2D eigenvalue weighted by Crippen LogP contribution is -2.24. The van der Waals surface area contributed by atoms with Gasteiger partial charge in [0.25, 0.3) is 0 Å². The molecule has 0 amide bonds. The van der Waals surface area contributed by atoms with Crippen LogP contribution < -0.4 is 4.72 Å². The molecule has 0 aliphatic rings. The summed E-state index contributed by atoms with van der Waals surface area (Å²) in [5.74, 6) is -1.24. The molecular weight excluding hydrogens is 393 g/mol. The number of hydrogen-bond donors (Lipinski definition) is 1. The lowest BCUT2D eigenvalue weighted by Gasteiger charge is -2.08. The van der Waals surface area contributed by atoms with Gasteiger partial charge in [0.15, 0.2) is 0 Å². The van der Waals surface area contributed by atoms with E-state index in [0.717, 1.165) is 16.5 Å². The minimum absolute atomic E-state index is 0.0779. The molecule has 0 fully saturated rings. The van der Waals surface area contributed by atoms with E-state index >= 15 is 0 Å². The molecule has 5 nitrogen and oxygen atoms in total. The van der Waals surface area contributed by atoms with Crippen LogP contribution in [0.25, 0.3) is 6.08 Å². The van der Waals surface area contributed by atoms with Crippen LogP contribution in [0.3, 0.4) is 0 Å². The number of benzene rings is 2. The first-order chi connectivity index (χ1) is 12.8. The van der Waals surface area contributed by atoms with Crippen molar-refractivity contribution in [3.63, 3.8) is 0 Å². The summed E-state index contributed by atoms with van der Waals surface area (Å²) in [4.78, 5) is 11.7. The van der Waals surface area contributed by atoms with E-state index in [9.17, 15) is 17.6 Å². The van der Waals surface area contributed by atoms with Crippen LogP contribution in [0.1, 0.15) is 23.1 Å². The number of carbonyl (C=O) groups is 1. The molecule has 0 aliphatic heterocycles. The molecule has 0 spiro atoms. The number of aryl methyl sites for hydroxylation is 1. The zero-order valence-electron chi connectivity index (χ0n) is 14.6. The molecule has 0 bridgehead atoms. The Labute approximate surface area is 162 Å². The van der Waals surface area contributed by atoms with Crippen molar-refractivity contribution >= 4 is 33.7 Å². The number of hydrogen-bond acceptors (Lipinski definition) is 4. The van der Waals surface area contributed by atoms with Crippen molar-refractivity contribution in [1.82, 2.24) is 4.72 Å². The van der Waals surface area contributed by atoms with Gasteiger partial charge >= 0.3 is 5.97 Å². The lowest BCUT2D eigenvalue weighted by molar-refractivity contribution is -0.144. The molecule has 144 valence electrons. The van der Waals surface area contributed by atoms with Crippen LogP contribution in [-0.4, -0.2) is 20.9 Å². The van der Waals surface area contributed by atoms with E-state index < -0.39 is 21.8 Å². The lowest BCUT2D eigenvalue weighted by atomic mass is 10.2. The zero-order valence-corrected chi connectivity index (χ0v) is 16.2. The number of rotatable bonds is 8. The minimum atomic E-state index is -3.69. The molecule has 0 saturated carbocycles. The van der Waals surface area contributed by atoms with E-state index in [1.807, 2.05) is 19.1 Å². The maximum Gasteiger partial charge on any atom is 0.307 e. The van der Waals surface area contributed by atoms with E-state index in [0.29, 0.717) is 0 Å². The minimum Gasteiger partial charge on any atom is -0.461 e. The van der Waals surface area contributed by atoms with E-state index in [1.54, 1.807) is 12.1 Å². The highest BCUT2D eigenvalue weighted by Crippen LogP contribution is 2.19. The Morgan fingerprint density at radius 3 is 2.59 bits per heavy atom. The molecule has 0 saturated heterocycles. The second-order valence-corrected chi connectivity index (χ2v) is 7.82. The number of halogens is 2. The second kappa shape index (κ2) is 9.64. The summed E-state index contributed by atoms with van der Waals surface area (Å²) < 4.78 is 44.6. The average Bonchev–Trinajstić information content (AvgIpc) is 2.61. The maximum atomic E-state index is 13.6. The largest absolute Gasteiger partial charge is 0.461 e. The van der Waals surface area contributed by atoms with E-state index in [2.05, 4.69) is 4.72 Å². The molecule has 2 aromatic rings. The first kappa shape index (κ1) is 21.1. The molecule has 0 aromatic heterocycles. The van der Waals surface area contributed by atoms with Crippen molar-refractivity contribution in [1.29, 1.82) is 0 Å². The van der Waals surface area contributed by atoms with Gasteiger partial charge < -0.3 is 4.74 Å². The first-order valence-corrected chi connectivity index (χ1v) is 10.0. The van der Waals surface area contributed by atoms with Crippen molar-refractivity contribution in [2.24, 2.45) is 0 Å². The smallest absolute Gasteiger partial charge is 0.307 e. The third-order valence-corrected chi connectivity index (χ3v) is 5.04. The average molecular weight is 412 g/mol. The number of nitrogens with one attached hydrogen (secondary N) is 1. The summed E-state index contributed by atoms with van der Waals surface area (Å²) in [6, 6.07) is 11.5. The van der Waals surface area contributed by atoms with E-state index in [4.69, 9.17) is 16.3 Å². The van der Waals surface area contributed by atoms with Crippen LogP contribution in [0.4, 0.5) is 4.39 Å². The Morgan fingerprint density at radius 2 is 1.93 bits per heavy atom. The topological polar surface area (TPSA) is 72.5 Å². The monoisotopic (exact) mass is 411 g/mol. The summed E-state index contributed by atoms with van der Waals surface area (Å²) >= 11 is 5.84. The fourth-order valence-electron chi connectivity index (χ4n) is 2.08. The van der Waals surface area contributed by atoms with Crippen molar-refractivity contribution in [2.75, 3.05) is 6.54 Å². The van der Waals surface area contributed by atoms with Gasteiger partial charge in [-0.05, 0) is 30.7 Å². The predicted molar refractivity (Wildman–Crippen MR) is 103 cm³/mol. The molecule has 2 rings (SSSR count). The second-order valence-electron chi connectivity index (χ2n) is 5.76. The Hall–Kier alpha value is -2.22. The fraction of sp³-hybridized carbons (Fsp3) is 0.211. The Balaban J connectivity index is 1.79. The summed E-state index contributed by atoms with van der Waals surface area (Å²) in [6.45, 7) is 1.49. The summed E-state index contributed by atoms with van der Waals surface area (Å²) in [5.41, 5.74) is 1.89. The van der Waals surface area contributed by atoms with Crippen LogP contribution in [-0.2, 0) is 26.2 Å². The standard InChI is InChI=1S/C19H19ClFNO4S/c1-14-5-7-15(8-6-14)10-12-27(24,25)22-11-9-19(23)26-13-16-17(20)3-2-4-18(16)21/h2-8,10,12,22H,9,11,13H2,1H3/b12-10+. The van der Waals surface area contributed by atoms with Gasteiger partial charge in [-0.2, -0.15) is 0 Å². The molecule has 0 unspecified atom stereocenters. The summed E-state index contributed by atoms with van der Waals surface area (Å²) in [6.07, 6.45) is 1.27. The van der Waals surface area contributed by atoms with Gasteiger partial charge in [-0.3, -0.25) is 4.79 Å². The van der Waals surface area contributed by atoms with Gasteiger partial charge in [-0.1, -0.05) is 47.5 Å². The highest BCUT2D eigenvalue weighted by Gasteiger charge is 2.11. The molecule has 0 aliphatic carbocycles. The van der Waals surface area contributed by atoms with E-state index in [-0.39, 0.29) is 30.2 Å². The van der Waals surface area contributed by atoms with Gasteiger partial charge in [0.2, 0.25) is 10.0 Å². The third kappa shape index (κ3) is 7.13. The normalized spacial score (nSPS) is 11.7. The number of carbonyl (C=O) groups excluding carboxylic acids is 1. The number of esters is 1. The first-order valence-electron chi connectivity index (χ1n) is 8.10. The van der Waals surface area contributed by atoms with Gasteiger partial charge in [0.1, 0.15) is 12.4 Å². The van der Waals surface area contributed by atoms with Gasteiger partial charge in [0, 0.05) is 17.5 Å². The number of sulfonamides is 1. The summed E-state index contributed by atoms with van der Waals surface area (Å²) in [7, 11) is -3.69. The van der Waals surface area contributed by atoms with Gasteiger partial charge in [-0.25, -0.2) is 17.5 Å². The Kier molecular flexibility index (Phi) is 7.53. The van der Waals surface area contributed by atoms with Crippen LogP contribution in [0.5, 0.6) is 0 Å². The van der Waals surface area contributed by atoms with Gasteiger partial charge in [-0.15, -0.1) is 0 Å². The quantitative estimate of drug-likeness (QED) is 0.670. The van der Waals surface area contributed by atoms with E-state index in [1.165, 1.54) is 24.3 Å². The molecule has 8 heteroatoms. The molecular formula is C19H19ClFNO4S. The van der Waals surface area contributed by atoms with Crippen LogP contribution in [0.15, 0.2) is 47.9 Å². The van der Waals surface area contributed by atoms with Crippen LogP contribution >= 0.6 is 11.6 Å². The highest BCUT2D eigenvalue weighted by molar-refractivity contribution is 7.92.